The van der Waals surface area contributed by atoms with Crippen molar-refractivity contribution < 1.29 is 33.7 Å². The van der Waals surface area contributed by atoms with Crippen LogP contribution in [0.4, 0.5) is 4.79 Å². The van der Waals surface area contributed by atoms with E-state index in [1.807, 2.05) is 11.9 Å². The molecule has 1 spiro atoms. The largest absolute Gasteiger partial charge is 0.449 e. The maximum atomic E-state index is 13.2. The lowest BCUT2D eigenvalue weighted by molar-refractivity contribution is -0.182. The number of allylic oxidation sites excluding steroid dienone is 1. The summed E-state index contributed by atoms with van der Waals surface area (Å²) in [6.07, 6.45) is -1.23. The highest BCUT2D eigenvalue weighted by atomic mass is 16.7. The van der Waals surface area contributed by atoms with E-state index in [2.05, 4.69) is 0 Å². The SMILES string of the molecule is CN1[C@H]2[C@@H]1CN1C3=C(C(=O)C4(CC3=O)OCCO4)[C@H](COC(N)=O)[C@@]21O. The van der Waals surface area contributed by atoms with Crippen LogP contribution in [-0.4, -0.2) is 89.6 Å². The Hall–Kier alpha value is -2.01. The molecule has 5 aliphatic rings. The summed E-state index contributed by atoms with van der Waals surface area (Å²) in [5.41, 5.74) is 3.89. The molecule has 0 saturated carbocycles. The van der Waals surface area contributed by atoms with Gasteiger partial charge in [-0.05, 0) is 7.05 Å². The van der Waals surface area contributed by atoms with E-state index in [-0.39, 0.29) is 55.4 Å². The van der Waals surface area contributed by atoms with Gasteiger partial charge in [-0.2, -0.15) is 0 Å². The lowest BCUT2D eigenvalue weighted by Crippen LogP contribution is -2.53. The number of piperazine rings is 1. The first-order valence-corrected chi connectivity index (χ1v) is 8.55. The van der Waals surface area contributed by atoms with Crippen molar-refractivity contribution >= 4 is 17.7 Å². The van der Waals surface area contributed by atoms with Crippen molar-refractivity contribution in [3.05, 3.63) is 11.3 Å². The van der Waals surface area contributed by atoms with Gasteiger partial charge in [0.2, 0.25) is 11.6 Å². The molecule has 3 saturated heterocycles. The van der Waals surface area contributed by atoms with Crippen LogP contribution in [-0.2, 0) is 23.8 Å². The third-order valence-corrected chi connectivity index (χ3v) is 6.25. The molecule has 0 aromatic rings. The molecular formula is C16H19N3O7. The minimum atomic E-state index is -1.63. The Kier molecular flexibility index (Phi) is 3.00. The van der Waals surface area contributed by atoms with Crippen molar-refractivity contribution in [2.24, 2.45) is 11.7 Å². The van der Waals surface area contributed by atoms with E-state index in [9.17, 15) is 19.5 Å². The Bertz CT molecular complexity index is 774. The van der Waals surface area contributed by atoms with E-state index in [0.717, 1.165) is 0 Å². The normalized spacial score (nSPS) is 42.2. The third-order valence-electron chi connectivity index (χ3n) is 6.25. The van der Waals surface area contributed by atoms with E-state index in [4.69, 9.17) is 19.9 Å². The molecule has 10 nitrogen and oxygen atoms in total. The first-order chi connectivity index (χ1) is 12.3. The van der Waals surface area contributed by atoms with Crippen LogP contribution in [0.2, 0.25) is 0 Å². The molecule has 10 heteroatoms. The molecule has 1 unspecified atom stereocenters. The number of nitrogens with two attached hydrogens (primary N) is 1. The van der Waals surface area contributed by atoms with Crippen molar-refractivity contribution in [1.29, 1.82) is 0 Å². The number of primary amides is 1. The maximum Gasteiger partial charge on any atom is 0.404 e. The average molecular weight is 365 g/mol. The van der Waals surface area contributed by atoms with Crippen molar-refractivity contribution in [3.63, 3.8) is 0 Å². The van der Waals surface area contributed by atoms with Crippen molar-refractivity contribution in [2.45, 2.75) is 30.0 Å². The van der Waals surface area contributed by atoms with Crippen LogP contribution in [0.3, 0.4) is 0 Å². The summed E-state index contributed by atoms with van der Waals surface area (Å²) in [4.78, 5) is 40.8. The molecule has 5 rings (SSSR count). The number of carbonyl (C=O) groups excluding carboxylic acids is 3. The van der Waals surface area contributed by atoms with E-state index in [1.54, 1.807) is 4.90 Å². The molecule has 140 valence electrons. The topological polar surface area (TPSA) is 131 Å². The van der Waals surface area contributed by atoms with Gasteiger partial charge in [0, 0.05) is 18.2 Å². The molecule has 0 radical (unpaired) electrons. The minimum Gasteiger partial charge on any atom is -0.449 e. The van der Waals surface area contributed by atoms with Crippen LogP contribution in [0.1, 0.15) is 6.42 Å². The number of ketones is 2. The molecule has 0 aromatic heterocycles. The summed E-state index contributed by atoms with van der Waals surface area (Å²) >= 11 is 0. The molecule has 0 bridgehead atoms. The van der Waals surface area contributed by atoms with Crippen LogP contribution in [0.25, 0.3) is 0 Å². The zero-order chi connectivity index (χ0) is 18.4. The highest BCUT2D eigenvalue weighted by Crippen LogP contribution is 2.58. The number of hydrogen-bond donors (Lipinski definition) is 2. The Morgan fingerprint density at radius 2 is 2.08 bits per heavy atom. The number of Topliss-reactive ketones (excluding diaryl/α,β-unsaturated/α-hetero) is 2. The van der Waals surface area contributed by atoms with Gasteiger partial charge < -0.3 is 30.0 Å². The van der Waals surface area contributed by atoms with E-state index in [1.165, 1.54) is 0 Å². The third kappa shape index (κ3) is 1.72. The quantitative estimate of drug-likeness (QED) is 0.530. The number of ether oxygens (including phenoxy) is 3. The number of fused-ring (bicyclic) bond motifs is 4. The van der Waals surface area contributed by atoms with Gasteiger partial charge in [0.25, 0.3) is 0 Å². The highest BCUT2D eigenvalue weighted by molar-refractivity contribution is 6.16. The molecule has 3 fully saturated rings. The molecule has 4 aliphatic heterocycles. The van der Waals surface area contributed by atoms with Gasteiger partial charge in [-0.1, -0.05) is 0 Å². The van der Waals surface area contributed by atoms with Gasteiger partial charge in [0.1, 0.15) is 6.61 Å². The van der Waals surface area contributed by atoms with Crippen molar-refractivity contribution in [3.8, 4) is 0 Å². The first kappa shape index (κ1) is 16.2. The maximum absolute atomic E-state index is 13.2. The Labute approximate surface area is 148 Å². The Balaban J connectivity index is 1.61. The summed E-state index contributed by atoms with van der Waals surface area (Å²) in [7, 11) is 1.86. The van der Waals surface area contributed by atoms with Gasteiger partial charge in [0.15, 0.2) is 11.5 Å². The number of amides is 1. The Morgan fingerprint density at radius 1 is 1.38 bits per heavy atom. The molecule has 5 atom stereocenters. The fraction of sp³-hybridized carbons (Fsp3) is 0.688. The Morgan fingerprint density at radius 3 is 2.73 bits per heavy atom. The number of likely N-dealkylation sites (N-methyl/N-ethyl adjacent to an activating group) is 1. The fourth-order valence-corrected chi connectivity index (χ4v) is 5.10. The predicted molar refractivity (Wildman–Crippen MR) is 82.3 cm³/mol. The van der Waals surface area contributed by atoms with Crippen LogP contribution < -0.4 is 5.73 Å². The lowest BCUT2D eigenvalue weighted by Gasteiger charge is -2.37. The van der Waals surface area contributed by atoms with Crippen LogP contribution >= 0.6 is 0 Å². The van der Waals surface area contributed by atoms with Gasteiger partial charge >= 0.3 is 6.09 Å². The zero-order valence-electron chi connectivity index (χ0n) is 14.1. The summed E-state index contributed by atoms with van der Waals surface area (Å²) in [5, 5.41) is 11.5. The van der Waals surface area contributed by atoms with E-state index in [0.29, 0.717) is 6.54 Å². The van der Waals surface area contributed by atoms with Crippen molar-refractivity contribution in [2.75, 3.05) is 33.4 Å². The highest BCUT2D eigenvalue weighted by Gasteiger charge is 2.75. The van der Waals surface area contributed by atoms with Gasteiger partial charge in [-0.15, -0.1) is 0 Å². The number of aliphatic hydroxyl groups is 1. The summed E-state index contributed by atoms with van der Waals surface area (Å²) in [6.45, 7) is 0.557. The molecule has 26 heavy (non-hydrogen) atoms. The average Bonchev–Trinajstić information content (AvgIpc) is 2.91. The lowest BCUT2D eigenvalue weighted by atomic mass is 9.80. The number of rotatable bonds is 2. The number of carbonyl (C=O) groups is 3. The van der Waals surface area contributed by atoms with Crippen LogP contribution in [0, 0.1) is 5.92 Å². The second kappa shape index (κ2) is 4.83. The van der Waals surface area contributed by atoms with Crippen LogP contribution in [0.5, 0.6) is 0 Å². The van der Waals surface area contributed by atoms with E-state index < -0.39 is 29.3 Å². The smallest absolute Gasteiger partial charge is 0.404 e. The molecule has 3 N–H and O–H groups in total. The molecule has 0 aromatic carbocycles. The summed E-state index contributed by atoms with van der Waals surface area (Å²) in [6, 6.07) is -0.167. The van der Waals surface area contributed by atoms with Gasteiger partial charge in [-0.25, -0.2) is 4.79 Å². The minimum absolute atomic E-state index is 0.0860. The van der Waals surface area contributed by atoms with Gasteiger partial charge in [-0.3, -0.25) is 14.5 Å². The second-order valence-corrected chi connectivity index (χ2v) is 7.40. The zero-order valence-corrected chi connectivity index (χ0v) is 14.1. The standard InChI is InChI=1S/C16H19N3O7/c1-18-8-5-19-11-9(20)4-15(25-2-3-26-15)13(21)10(11)7(6-24-14(17)22)16(19,23)12(8)18/h7-8,12,23H,2-6H2,1H3,(H2,17,22)/t7-,8-,12-,16+,18?/m0/s1. The molecule has 4 heterocycles. The second-order valence-electron chi connectivity index (χ2n) is 7.40. The number of nitrogens with zero attached hydrogens (tertiary/aromatic N) is 2. The first-order valence-electron chi connectivity index (χ1n) is 8.55. The summed E-state index contributed by atoms with van der Waals surface area (Å²) in [5.74, 6) is -3.33. The fourth-order valence-electron chi connectivity index (χ4n) is 5.10. The van der Waals surface area contributed by atoms with Crippen LogP contribution in [0.15, 0.2) is 11.3 Å². The van der Waals surface area contributed by atoms with Gasteiger partial charge in [0.05, 0.1) is 37.3 Å². The monoisotopic (exact) mass is 365 g/mol. The predicted octanol–water partition coefficient (Wildman–Crippen LogP) is -2.06. The van der Waals surface area contributed by atoms with E-state index >= 15 is 0 Å². The number of hydrogen-bond acceptors (Lipinski definition) is 9. The summed E-state index contributed by atoms with van der Waals surface area (Å²) < 4.78 is 15.9. The molecular weight excluding hydrogens is 346 g/mol. The molecule has 1 aliphatic carbocycles. The molecule has 1 amide bonds. The van der Waals surface area contributed by atoms with Crippen molar-refractivity contribution in [1.82, 2.24) is 9.80 Å².